The first-order valence-electron chi connectivity index (χ1n) is 14.9. The van der Waals surface area contributed by atoms with Gasteiger partial charge in [-0.2, -0.15) is 0 Å². The Labute approximate surface area is 282 Å². The highest BCUT2D eigenvalue weighted by molar-refractivity contribution is 5.98. The molecule has 0 aromatic carbocycles. The summed E-state index contributed by atoms with van der Waals surface area (Å²) in [5.74, 6) is -14.2. The lowest BCUT2D eigenvalue weighted by molar-refractivity contribution is -0.142. The van der Waals surface area contributed by atoms with E-state index >= 15 is 0 Å². The van der Waals surface area contributed by atoms with Gasteiger partial charge in [0.1, 0.15) is 30.2 Å². The van der Waals surface area contributed by atoms with Crippen molar-refractivity contribution < 1.29 is 78.3 Å². The Morgan fingerprint density at radius 1 is 0.540 bits per heavy atom. The number of nitrogens with one attached hydrogen (secondary N) is 7. The molecule has 1 aliphatic rings. The Morgan fingerprint density at radius 3 is 1.30 bits per heavy atom. The van der Waals surface area contributed by atoms with Crippen LogP contribution in [0.25, 0.3) is 0 Å². The smallest absolute Gasteiger partial charge is 0.305 e. The molecular weight excluding hydrogens is 678 g/mol. The van der Waals surface area contributed by atoms with Crippen molar-refractivity contribution in [3.05, 3.63) is 0 Å². The molecule has 0 aromatic rings. The Balaban J connectivity index is 3.59. The quantitative estimate of drug-likeness (QED) is 0.0894. The number of carboxylic acids is 4. The van der Waals surface area contributed by atoms with Crippen LogP contribution in [0.4, 0.5) is 0 Å². The van der Waals surface area contributed by atoms with E-state index in [1.54, 1.807) is 0 Å². The van der Waals surface area contributed by atoms with Gasteiger partial charge in [-0.05, 0) is 26.2 Å². The number of carboxylic acid groups (broad SMARTS) is 4. The fourth-order valence-corrected chi connectivity index (χ4v) is 4.26. The van der Waals surface area contributed by atoms with Crippen LogP contribution < -0.4 is 37.2 Å². The lowest BCUT2D eigenvalue weighted by Crippen LogP contribution is -2.60. The maximum absolute atomic E-state index is 13.3. The molecule has 0 unspecified atom stereocenters. The van der Waals surface area contributed by atoms with Crippen LogP contribution in [0.5, 0.6) is 0 Å². The SMILES string of the molecule is C[C@@H](O)[C@@H]1NC(=O)[C@H](CCC(=O)O)NC(=O)[C@H](CCC(=O)O)NC(=O)[C@H](CC(=O)O)NC(=O)CNC(=O)[C@H](CCC(=O)O)NC(=O)CNC1=O. The van der Waals surface area contributed by atoms with Gasteiger partial charge in [-0.1, -0.05) is 0 Å². The number of carbonyl (C=O) groups excluding carboxylic acids is 7. The van der Waals surface area contributed by atoms with Gasteiger partial charge >= 0.3 is 23.9 Å². The largest absolute Gasteiger partial charge is 0.481 e. The highest BCUT2D eigenvalue weighted by Gasteiger charge is 2.34. The lowest BCUT2D eigenvalue weighted by atomic mass is 10.1. The zero-order valence-electron chi connectivity index (χ0n) is 26.6. The highest BCUT2D eigenvalue weighted by atomic mass is 16.4. The number of rotatable bonds is 12. The molecule has 23 heteroatoms. The molecular formula is C27H39N7O16. The molecule has 0 spiro atoms. The van der Waals surface area contributed by atoms with Crippen molar-refractivity contribution in [1.82, 2.24) is 37.2 Å². The fourth-order valence-electron chi connectivity index (χ4n) is 4.26. The molecule has 0 aliphatic carbocycles. The van der Waals surface area contributed by atoms with Gasteiger partial charge in [-0.15, -0.1) is 0 Å². The van der Waals surface area contributed by atoms with Crippen molar-refractivity contribution in [3.63, 3.8) is 0 Å². The highest BCUT2D eigenvalue weighted by Crippen LogP contribution is 2.07. The molecule has 23 nitrogen and oxygen atoms in total. The molecule has 0 bridgehead atoms. The molecule has 6 atom stereocenters. The van der Waals surface area contributed by atoms with Crippen molar-refractivity contribution in [2.45, 2.75) is 88.2 Å². The minimum absolute atomic E-state index is 0.505. The van der Waals surface area contributed by atoms with E-state index in [1.807, 2.05) is 5.32 Å². The van der Waals surface area contributed by atoms with E-state index in [9.17, 15) is 63.0 Å². The summed E-state index contributed by atoms with van der Waals surface area (Å²) in [6.07, 6.45) is -6.66. The average Bonchev–Trinajstić information content (AvgIpc) is 3.01. The zero-order valence-corrected chi connectivity index (χ0v) is 26.6. The minimum Gasteiger partial charge on any atom is -0.481 e. The number of amides is 7. The van der Waals surface area contributed by atoms with Crippen LogP contribution in [0.3, 0.4) is 0 Å². The Morgan fingerprint density at radius 2 is 0.900 bits per heavy atom. The third kappa shape index (κ3) is 15.8. The first-order valence-corrected chi connectivity index (χ1v) is 14.9. The van der Waals surface area contributed by atoms with Crippen LogP contribution >= 0.6 is 0 Å². The summed E-state index contributed by atoms with van der Waals surface area (Å²) in [6, 6.07) is -8.94. The van der Waals surface area contributed by atoms with Crippen LogP contribution in [0.2, 0.25) is 0 Å². The van der Waals surface area contributed by atoms with E-state index in [0.717, 1.165) is 6.92 Å². The Kier molecular flexibility index (Phi) is 17.3. The van der Waals surface area contributed by atoms with Gasteiger partial charge in [0.05, 0.1) is 25.6 Å². The molecule has 50 heavy (non-hydrogen) atoms. The molecule has 1 saturated heterocycles. The van der Waals surface area contributed by atoms with Gasteiger partial charge < -0.3 is 62.8 Å². The van der Waals surface area contributed by atoms with Crippen molar-refractivity contribution in [1.29, 1.82) is 0 Å². The lowest BCUT2D eigenvalue weighted by Gasteiger charge is -2.26. The van der Waals surface area contributed by atoms with E-state index in [-0.39, 0.29) is 0 Å². The van der Waals surface area contributed by atoms with Gasteiger partial charge in [0.15, 0.2) is 0 Å². The standard InChI is InChI=1S/C27H39N7O16/c1-11(35)22-27(50)29-10-16(36)30-12(2-5-18(38)39)23(46)28-9-17(37)31-15(8-21(44)45)26(49)33-13(3-6-19(40)41)24(47)32-14(25(48)34-22)4-7-20(42)43/h11-15,22,35H,2-10H2,1H3,(H,28,46)(H,29,50)(H,30,36)(H,31,37)(H,32,47)(H,33,49)(H,34,48)(H,38,39)(H,40,41)(H,42,43)(H,44,45)/t11-,12+,13+,14+,15+,22+/m1/s1. The van der Waals surface area contributed by atoms with E-state index in [0.29, 0.717) is 0 Å². The molecule has 12 N–H and O–H groups in total. The van der Waals surface area contributed by atoms with Gasteiger partial charge in [0, 0.05) is 19.3 Å². The van der Waals surface area contributed by atoms with Gasteiger partial charge in [0.2, 0.25) is 41.4 Å². The molecule has 0 radical (unpaired) electrons. The van der Waals surface area contributed by atoms with Crippen LogP contribution in [0, 0.1) is 0 Å². The molecule has 1 rings (SSSR count). The van der Waals surface area contributed by atoms with Gasteiger partial charge in [-0.3, -0.25) is 52.7 Å². The number of hydrogen-bond acceptors (Lipinski definition) is 12. The average molecular weight is 718 g/mol. The second-order valence-electron chi connectivity index (χ2n) is 10.9. The number of hydrogen-bond donors (Lipinski definition) is 12. The van der Waals surface area contributed by atoms with Crippen LogP contribution in [0.15, 0.2) is 0 Å². The fraction of sp³-hybridized carbons (Fsp3) is 0.593. The summed E-state index contributed by atoms with van der Waals surface area (Å²) in [6.45, 7) is -0.760. The van der Waals surface area contributed by atoms with E-state index in [1.165, 1.54) is 0 Å². The van der Waals surface area contributed by atoms with Crippen molar-refractivity contribution in [2.75, 3.05) is 13.1 Å². The van der Waals surface area contributed by atoms with Crippen LogP contribution in [-0.4, -0.2) is 140 Å². The normalized spacial score (nSPS) is 24.0. The van der Waals surface area contributed by atoms with E-state index in [4.69, 9.17) is 15.3 Å². The van der Waals surface area contributed by atoms with Gasteiger partial charge in [0.25, 0.3) is 0 Å². The minimum atomic E-state index is -1.93. The zero-order chi connectivity index (χ0) is 38.1. The Hall–Kier alpha value is -5.87. The summed E-state index contributed by atoms with van der Waals surface area (Å²) in [5.41, 5.74) is 0. The third-order valence-electron chi connectivity index (χ3n) is 6.80. The molecule has 278 valence electrons. The number of aliphatic hydroxyl groups excluding tert-OH is 1. The molecule has 1 fully saturated rings. The summed E-state index contributed by atoms with van der Waals surface area (Å²) in [4.78, 5) is 135. The van der Waals surface area contributed by atoms with Crippen LogP contribution in [0.1, 0.15) is 51.9 Å². The summed E-state index contributed by atoms with van der Waals surface area (Å²) < 4.78 is 0. The van der Waals surface area contributed by atoms with Crippen molar-refractivity contribution in [2.24, 2.45) is 0 Å². The summed E-state index contributed by atoms with van der Waals surface area (Å²) >= 11 is 0. The van der Waals surface area contributed by atoms with Gasteiger partial charge in [-0.25, -0.2) is 0 Å². The molecule has 0 saturated carbocycles. The second-order valence-corrected chi connectivity index (χ2v) is 10.9. The molecule has 0 aromatic heterocycles. The predicted octanol–water partition coefficient (Wildman–Crippen LogP) is -5.89. The Bertz CT molecular complexity index is 1350. The first-order chi connectivity index (χ1) is 23.3. The van der Waals surface area contributed by atoms with Crippen LogP contribution in [-0.2, 0) is 52.7 Å². The molecule has 1 heterocycles. The van der Waals surface area contributed by atoms with Crippen molar-refractivity contribution >= 4 is 65.2 Å². The number of carbonyl (C=O) groups is 11. The third-order valence-corrected chi connectivity index (χ3v) is 6.80. The van der Waals surface area contributed by atoms with Crippen molar-refractivity contribution in [3.8, 4) is 0 Å². The maximum atomic E-state index is 13.3. The number of aliphatic hydroxyl groups is 1. The monoisotopic (exact) mass is 717 g/mol. The second kappa shape index (κ2) is 20.5. The molecule has 1 aliphatic heterocycles. The molecule has 7 amide bonds. The maximum Gasteiger partial charge on any atom is 0.305 e. The topological polar surface area (TPSA) is 373 Å². The van der Waals surface area contributed by atoms with E-state index in [2.05, 4.69) is 31.9 Å². The summed E-state index contributed by atoms with van der Waals surface area (Å²) in [7, 11) is 0. The number of aliphatic carboxylic acids is 4. The predicted molar refractivity (Wildman–Crippen MR) is 160 cm³/mol. The first kappa shape index (κ1) is 42.2. The summed E-state index contributed by atoms with van der Waals surface area (Å²) in [5, 5.41) is 61.5. The van der Waals surface area contributed by atoms with E-state index < -0.39 is 160 Å².